The van der Waals surface area contributed by atoms with Gasteiger partial charge < -0.3 is 11.1 Å². The van der Waals surface area contributed by atoms with E-state index in [1.54, 1.807) is 42.5 Å². The number of nitrogens with one attached hydrogen (secondary N) is 1. The normalized spacial score (nSPS) is 11.8. The first-order valence-electron chi connectivity index (χ1n) is 6.66. The van der Waals surface area contributed by atoms with Crippen molar-refractivity contribution in [3.05, 3.63) is 68.7 Å². The van der Waals surface area contributed by atoms with Gasteiger partial charge in [0.15, 0.2) is 0 Å². The number of nitrogens with two attached hydrogens (primary N) is 1. The molecule has 0 saturated carbocycles. The Morgan fingerprint density at radius 2 is 1.61 bits per heavy atom. The zero-order valence-electron chi connectivity index (χ0n) is 11.9. The van der Waals surface area contributed by atoms with Crippen molar-refractivity contribution in [2.24, 2.45) is 5.73 Å². The van der Waals surface area contributed by atoms with Crippen LogP contribution in [0.4, 0.5) is 0 Å². The number of carbonyl (C=O) groups excluding carboxylic acids is 2. The van der Waals surface area contributed by atoms with E-state index in [0.717, 1.165) is 0 Å². The summed E-state index contributed by atoms with van der Waals surface area (Å²) in [6, 6.07) is 10.3. The van der Waals surface area contributed by atoms with Crippen LogP contribution in [0.5, 0.6) is 0 Å². The van der Waals surface area contributed by atoms with Crippen molar-refractivity contribution in [1.29, 1.82) is 0 Å². The third kappa shape index (κ3) is 4.86. The van der Waals surface area contributed by atoms with Gasteiger partial charge in [-0.05, 0) is 42.0 Å². The van der Waals surface area contributed by atoms with E-state index >= 15 is 0 Å². The SMILES string of the molecule is NC(=O)[C@@H](Cc1ccc(Cl)cc1Cl)NC(=O)c1ccc(Cl)cc1. The summed E-state index contributed by atoms with van der Waals surface area (Å²) in [5.74, 6) is -1.08. The predicted molar refractivity (Wildman–Crippen MR) is 92.1 cm³/mol. The maximum absolute atomic E-state index is 12.2. The highest BCUT2D eigenvalue weighted by molar-refractivity contribution is 6.35. The molecule has 3 N–H and O–H groups in total. The van der Waals surface area contributed by atoms with Crippen molar-refractivity contribution < 1.29 is 9.59 Å². The van der Waals surface area contributed by atoms with E-state index in [0.29, 0.717) is 26.2 Å². The second-order valence-corrected chi connectivity index (χ2v) is 6.16. The number of hydrogen-bond donors (Lipinski definition) is 2. The lowest BCUT2D eigenvalue weighted by molar-refractivity contribution is -0.119. The Morgan fingerprint density at radius 1 is 1.00 bits per heavy atom. The summed E-state index contributed by atoms with van der Waals surface area (Å²) in [5, 5.41) is 4.00. The molecule has 0 unspecified atom stereocenters. The molecule has 4 nitrogen and oxygen atoms in total. The maximum atomic E-state index is 12.2. The maximum Gasteiger partial charge on any atom is 0.251 e. The number of primary amides is 1. The predicted octanol–water partition coefficient (Wildman–Crippen LogP) is 3.47. The smallest absolute Gasteiger partial charge is 0.251 e. The number of hydrogen-bond acceptors (Lipinski definition) is 2. The molecule has 0 radical (unpaired) electrons. The van der Waals surface area contributed by atoms with E-state index in [4.69, 9.17) is 40.5 Å². The topological polar surface area (TPSA) is 72.2 Å². The summed E-state index contributed by atoms with van der Waals surface area (Å²) < 4.78 is 0. The molecule has 2 amide bonds. The van der Waals surface area contributed by atoms with Crippen LogP contribution >= 0.6 is 34.8 Å². The molecule has 0 aliphatic carbocycles. The Balaban J connectivity index is 2.14. The minimum atomic E-state index is -0.892. The van der Waals surface area contributed by atoms with Gasteiger partial charge in [-0.2, -0.15) is 0 Å². The highest BCUT2D eigenvalue weighted by Crippen LogP contribution is 2.22. The minimum absolute atomic E-state index is 0.171. The molecule has 0 saturated heterocycles. The Hall–Kier alpha value is -1.75. The molecule has 2 aromatic rings. The van der Waals surface area contributed by atoms with Gasteiger partial charge in [0.05, 0.1) is 0 Å². The third-order valence-corrected chi connectivity index (χ3v) is 4.03. The van der Waals surface area contributed by atoms with E-state index in [1.165, 1.54) is 0 Å². The minimum Gasteiger partial charge on any atom is -0.368 e. The monoisotopic (exact) mass is 370 g/mol. The van der Waals surface area contributed by atoms with Crippen LogP contribution in [0.3, 0.4) is 0 Å². The number of carbonyl (C=O) groups is 2. The first kappa shape index (κ1) is 17.6. The molecule has 0 spiro atoms. The first-order valence-corrected chi connectivity index (χ1v) is 7.80. The zero-order valence-corrected chi connectivity index (χ0v) is 14.1. The second-order valence-electron chi connectivity index (χ2n) is 4.88. The van der Waals surface area contributed by atoms with Crippen LogP contribution in [0.2, 0.25) is 15.1 Å². The van der Waals surface area contributed by atoms with E-state index in [9.17, 15) is 9.59 Å². The molecule has 7 heteroatoms. The van der Waals surface area contributed by atoms with Crippen molar-refractivity contribution in [3.63, 3.8) is 0 Å². The van der Waals surface area contributed by atoms with E-state index in [1.807, 2.05) is 0 Å². The lowest BCUT2D eigenvalue weighted by atomic mass is 10.0. The van der Waals surface area contributed by atoms with Crippen LogP contribution in [-0.4, -0.2) is 17.9 Å². The molecule has 120 valence electrons. The van der Waals surface area contributed by atoms with E-state index in [2.05, 4.69) is 5.32 Å². The van der Waals surface area contributed by atoms with Gasteiger partial charge in [0.25, 0.3) is 5.91 Å². The first-order chi connectivity index (χ1) is 10.9. The van der Waals surface area contributed by atoms with Crippen LogP contribution in [0.15, 0.2) is 42.5 Å². The van der Waals surface area contributed by atoms with Crippen LogP contribution in [0.25, 0.3) is 0 Å². The zero-order chi connectivity index (χ0) is 17.0. The Bertz CT molecular complexity index is 733. The van der Waals surface area contributed by atoms with Crippen molar-refractivity contribution >= 4 is 46.6 Å². The number of amides is 2. The largest absolute Gasteiger partial charge is 0.368 e. The standard InChI is InChI=1S/C16H13Cl3N2O2/c17-11-4-1-9(2-5-11)16(23)21-14(15(20)22)7-10-3-6-12(18)8-13(10)19/h1-6,8,14H,7H2,(H2,20,22)(H,21,23)/t14-/m1/s1. The van der Waals surface area contributed by atoms with Gasteiger partial charge in [-0.3, -0.25) is 9.59 Å². The fourth-order valence-corrected chi connectivity index (χ4v) is 2.58. The van der Waals surface area contributed by atoms with Gasteiger partial charge in [-0.1, -0.05) is 40.9 Å². The third-order valence-electron chi connectivity index (χ3n) is 3.19. The summed E-state index contributed by atoms with van der Waals surface area (Å²) >= 11 is 17.7. The van der Waals surface area contributed by atoms with Crippen molar-refractivity contribution in [2.75, 3.05) is 0 Å². The Morgan fingerprint density at radius 3 is 2.17 bits per heavy atom. The summed E-state index contributed by atoms with van der Waals surface area (Å²) in [4.78, 5) is 23.8. The molecular weight excluding hydrogens is 359 g/mol. The summed E-state index contributed by atoms with van der Waals surface area (Å²) in [6.07, 6.45) is 0.171. The van der Waals surface area contributed by atoms with Crippen molar-refractivity contribution in [2.45, 2.75) is 12.5 Å². The molecule has 0 bridgehead atoms. The lowest BCUT2D eigenvalue weighted by Gasteiger charge is -2.16. The highest BCUT2D eigenvalue weighted by atomic mass is 35.5. The molecule has 1 atom stereocenters. The fraction of sp³-hybridized carbons (Fsp3) is 0.125. The molecule has 0 fully saturated rings. The number of benzene rings is 2. The molecule has 0 aromatic heterocycles. The average molecular weight is 372 g/mol. The van der Waals surface area contributed by atoms with Crippen LogP contribution in [0.1, 0.15) is 15.9 Å². The van der Waals surface area contributed by atoms with Crippen molar-refractivity contribution in [1.82, 2.24) is 5.32 Å². The van der Waals surface area contributed by atoms with Crippen molar-refractivity contribution in [3.8, 4) is 0 Å². The highest BCUT2D eigenvalue weighted by Gasteiger charge is 2.20. The summed E-state index contributed by atoms with van der Waals surface area (Å²) in [5.41, 5.74) is 6.41. The number of rotatable bonds is 5. The molecule has 2 aromatic carbocycles. The van der Waals surface area contributed by atoms with E-state index in [-0.39, 0.29) is 6.42 Å². The summed E-state index contributed by atoms with van der Waals surface area (Å²) in [7, 11) is 0. The summed E-state index contributed by atoms with van der Waals surface area (Å²) in [6.45, 7) is 0. The lowest BCUT2D eigenvalue weighted by Crippen LogP contribution is -2.45. The van der Waals surface area contributed by atoms with Crippen LogP contribution < -0.4 is 11.1 Å². The van der Waals surface area contributed by atoms with Crippen LogP contribution in [-0.2, 0) is 11.2 Å². The van der Waals surface area contributed by atoms with Gasteiger partial charge in [-0.25, -0.2) is 0 Å². The van der Waals surface area contributed by atoms with Crippen LogP contribution in [0, 0.1) is 0 Å². The molecule has 23 heavy (non-hydrogen) atoms. The van der Waals surface area contributed by atoms with Gasteiger partial charge >= 0.3 is 0 Å². The van der Waals surface area contributed by atoms with Gasteiger partial charge in [-0.15, -0.1) is 0 Å². The van der Waals surface area contributed by atoms with E-state index < -0.39 is 17.9 Å². The fourth-order valence-electron chi connectivity index (χ4n) is 1.97. The second kappa shape index (κ2) is 7.68. The molecular formula is C16H13Cl3N2O2. The Labute approximate surface area is 148 Å². The molecule has 0 heterocycles. The van der Waals surface area contributed by atoms with Gasteiger partial charge in [0, 0.05) is 27.1 Å². The Kier molecular flexibility index (Phi) is 5.88. The molecule has 2 rings (SSSR count). The van der Waals surface area contributed by atoms with Gasteiger partial charge in [0.2, 0.25) is 5.91 Å². The number of halogens is 3. The van der Waals surface area contributed by atoms with Gasteiger partial charge in [0.1, 0.15) is 6.04 Å². The quantitative estimate of drug-likeness (QED) is 0.844. The average Bonchev–Trinajstić information content (AvgIpc) is 2.49. The molecule has 0 aliphatic heterocycles. The molecule has 0 aliphatic rings.